The number of halogens is 1. The zero-order chi connectivity index (χ0) is 21.7. The highest BCUT2D eigenvalue weighted by Gasteiger charge is 2.31. The van der Waals surface area contributed by atoms with Gasteiger partial charge in [0.1, 0.15) is 9.33 Å². The van der Waals surface area contributed by atoms with Crippen molar-refractivity contribution in [2.24, 2.45) is 5.92 Å². The Balaban J connectivity index is 1.50. The molecule has 0 radical (unpaired) electrons. The fourth-order valence-electron chi connectivity index (χ4n) is 2.74. The van der Waals surface area contributed by atoms with Crippen LogP contribution < -0.4 is 5.32 Å². The molecular formula is C20H21ClN4O2S3. The Hall–Kier alpha value is -1.81. The van der Waals surface area contributed by atoms with Crippen molar-refractivity contribution in [1.82, 2.24) is 15.1 Å². The summed E-state index contributed by atoms with van der Waals surface area (Å²) < 4.78 is 0.487. The van der Waals surface area contributed by atoms with E-state index in [1.54, 1.807) is 12.1 Å². The molecule has 1 N–H and O–H groups in total. The van der Waals surface area contributed by atoms with Gasteiger partial charge in [0.2, 0.25) is 11.0 Å². The van der Waals surface area contributed by atoms with Gasteiger partial charge >= 0.3 is 0 Å². The summed E-state index contributed by atoms with van der Waals surface area (Å²) in [5.74, 6) is 0.171. The normalized spacial score (nSPS) is 15.5. The maximum absolute atomic E-state index is 12.7. The van der Waals surface area contributed by atoms with Crippen LogP contribution in [0.25, 0.3) is 6.08 Å². The predicted molar refractivity (Wildman–Crippen MR) is 128 cm³/mol. The molecule has 2 amide bonds. The van der Waals surface area contributed by atoms with Crippen molar-refractivity contribution >= 4 is 74.3 Å². The van der Waals surface area contributed by atoms with Crippen LogP contribution in [-0.2, 0) is 16.0 Å². The van der Waals surface area contributed by atoms with Crippen LogP contribution in [-0.4, -0.2) is 37.8 Å². The van der Waals surface area contributed by atoms with Crippen LogP contribution in [0, 0.1) is 5.92 Å². The van der Waals surface area contributed by atoms with Crippen molar-refractivity contribution in [2.45, 2.75) is 33.1 Å². The van der Waals surface area contributed by atoms with Crippen LogP contribution in [0.1, 0.15) is 37.3 Å². The first-order valence-corrected chi connectivity index (χ1v) is 11.9. The van der Waals surface area contributed by atoms with Gasteiger partial charge in [-0.15, -0.1) is 10.2 Å². The van der Waals surface area contributed by atoms with E-state index in [0.717, 1.165) is 17.0 Å². The van der Waals surface area contributed by atoms with E-state index in [9.17, 15) is 9.59 Å². The Labute approximate surface area is 194 Å². The van der Waals surface area contributed by atoms with Gasteiger partial charge in [0.25, 0.3) is 5.91 Å². The van der Waals surface area contributed by atoms with Crippen molar-refractivity contribution in [3.63, 3.8) is 0 Å². The highest BCUT2D eigenvalue weighted by molar-refractivity contribution is 8.26. The third-order valence-electron chi connectivity index (χ3n) is 4.15. The van der Waals surface area contributed by atoms with Gasteiger partial charge in [-0.2, -0.15) is 0 Å². The molecule has 1 saturated heterocycles. The monoisotopic (exact) mass is 480 g/mol. The molecule has 0 unspecified atom stereocenters. The number of aromatic nitrogens is 2. The Morgan fingerprint density at radius 1 is 1.33 bits per heavy atom. The number of benzene rings is 1. The number of hydrogen-bond donors (Lipinski definition) is 1. The van der Waals surface area contributed by atoms with E-state index < -0.39 is 0 Å². The second-order valence-corrected chi connectivity index (χ2v) is 10.3. The molecule has 0 saturated carbocycles. The number of carbonyl (C=O) groups is 2. The molecule has 0 spiro atoms. The first-order chi connectivity index (χ1) is 14.3. The Morgan fingerprint density at radius 2 is 2.10 bits per heavy atom. The number of thiocarbonyl (C=S) groups is 1. The Kier molecular flexibility index (Phi) is 7.99. The van der Waals surface area contributed by atoms with Gasteiger partial charge in [-0.25, -0.2) is 0 Å². The molecular weight excluding hydrogens is 460 g/mol. The molecule has 158 valence electrons. The Morgan fingerprint density at radius 3 is 2.83 bits per heavy atom. The summed E-state index contributed by atoms with van der Waals surface area (Å²) in [4.78, 5) is 26.9. The third-order valence-corrected chi connectivity index (χ3v) is 6.73. The van der Waals surface area contributed by atoms with E-state index in [2.05, 4.69) is 29.4 Å². The van der Waals surface area contributed by atoms with Crippen molar-refractivity contribution in [3.05, 3.63) is 44.8 Å². The van der Waals surface area contributed by atoms with Gasteiger partial charge in [-0.3, -0.25) is 14.5 Å². The van der Waals surface area contributed by atoms with Gasteiger partial charge in [0.15, 0.2) is 0 Å². The summed E-state index contributed by atoms with van der Waals surface area (Å²) in [5, 5.41) is 12.8. The number of nitrogens with zero attached hydrogens (tertiary/aromatic N) is 3. The minimum Gasteiger partial charge on any atom is -0.301 e. The number of carbonyl (C=O) groups excluding carboxylic acids is 2. The molecule has 0 aliphatic carbocycles. The lowest BCUT2D eigenvalue weighted by atomic mass is 10.1. The maximum Gasteiger partial charge on any atom is 0.266 e. The molecule has 0 atom stereocenters. The first-order valence-electron chi connectivity index (χ1n) is 9.45. The van der Waals surface area contributed by atoms with E-state index in [0.29, 0.717) is 38.3 Å². The molecule has 10 heteroatoms. The molecule has 1 aliphatic heterocycles. The van der Waals surface area contributed by atoms with Crippen molar-refractivity contribution in [2.75, 3.05) is 11.9 Å². The zero-order valence-electron chi connectivity index (χ0n) is 16.6. The molecule has 2 aromatic rings. The summed E-state index contributed by atoms with van der Waals surface area (Å²) in [6, 6.07) is 7.32. The average molecular weight is 481 g/mol. The summed E-state index contributed by atoms with van der Waals surface area (Å²) >= 11 is 14.1. The summed E-state index contributed by atoms with van der Waals surface area (Å²) in [6.45, 7) is 4.60. The quantitative estimate of drug-likeness (QED) is 0.422. The number of nitrogens with one attached hydrogen (secondary N) is 1. The predicted octanol–water partition coefficient (Wildman–Crippen LogP) is 5.01. The molecule has 1 aromatic carbocycles. The van der Waals surface area contributed by atoms with Crippen LogP contribution in [0.2, 0.25) is 5.02 Å². The van der Waals surface area contributed by atoms with Gasteiger partial charge in [-0.05, 0) is 30.0 Å². The molecule has 1 fully saturated rings. The standard InChI is InChI=1S/C20H21ClN4O2S3/c1-12(2)10-17-23-24-19(30-17)22-16(26)8-5-9-25-18(27)15(29-20(25)28)11-13-6-3-4-7-14(13)21/h3-4,6-7,11-12H,5,8-10H2,1-2H3,(H,22,24,26)/b15-11+. The highest BCUT2D eigenvalue weighted by Crippen LogP contribution is 2.33. The maximum atomic E-state index is 12.7. The average Bonchev–Trinajstić information content (AvgIpc) is 3.21. The molecule has 0 bridgehead atoms. The number of rotatable bonds is 8. The van der Waals surface area contributed by atoms with Crippen molar-refractivity contribution in [1.29, 1.82) is 0 Å². The summed E-state index contributed by atoms with van der Waals surface area (Å²) in [6.07, 6.45) is 3.34. The van der Waals surface area contributed by atoms with Crippen LogP contribution in [0.4, 0.5) is 5.13 Å². The molecule has 6 nitrogen and oxygen atoms in total. The number of hydrogen-bond acceptors (Lipinski definition) is 7. The second kappa shape index (κ2) is 10.5. The molecule has 30 heavy (non-hydrogen) atoms. The molecule has 1 aromatic heterocycles. The lowest BCUT2D eigenvalue weighted by Crippen LogP contribution is -2.29. The lowest BCUT2D eigenvalue weighted by Gasteiger charge is -2.13. The largest absolute Gasteiger partial charge is 0.301 e. The number of anilines is 1. The van der Waals surface area contributed by atoms with Gasteiger partial charge in [-0.1, -0.05) is 79.0 Å². The molecule has 2 heterocycles. The van der Waals surface area contributed by atoms with E-state index >= 15 is 0 Å². The van der Waals surface area contributed by atoms with E-state index in [1.807, 2.05) is 18.2 Å². The van der Waals surface area contributed by atoms with E-state index in [1.165, 1.54) is 28.0 Å². The van der Waals surface area contributed by atoms with Crippen LogP contribution in [0.3, 0.4) is 0 Å². The second-order valence-electron chi connectivity index (χ2n) is 7.11. The zero-order valence-corrected chi connectivity index (χ0v) is 19.8. The lowest BCUT2D eigenvalue weighted by molar-refractivity contribution is -0.122. The van der Waals surface area contributed by atoms with Crippen LogP contribution in [0.5, 0.6) is 0 Å². The first kappa shape index (κ1) is 22.9. The smallest absolute Gasteiger partial charge is 0.266 e. The van der Waals surface area contributed by atoms with E-state index in [4.69, 9.17) is 23.8 Å². The van der Waals surface area contributed by atoms with Gasteiger partial charge in [0.05, 0.1) is 4.91 Å². The fraction of sp³-hybridized carbons (Fsp3) is 0.350. The van der Waals surface area contributed by atoms with E-state index in [-0.39, 0.29) is 18.2 Å². The van der Waals surface area contributed by atoms with Gasteiger partial charge in [0, 0.05) is 24.4 Å². The third kappa shape index (κ3) is 6.10. The highest BCUT2D eigenvalue weighted by atomic mass is 35.5. The topological polar surface area (TPSA) is 75.2 Å². The SMILES string of the molecule is CC(C)Cc1nnc(NC(=O)CCCN2C(=O)/C(=C\c3ccccc3Cl)SC2=S)s1. The fourth-order valence-corrected chi connectivity index (χ4v) is 5.20. The van der Waals surface area contributed by atoms with Gasteiger partial charge < -0.3 is 5.32 Å². The van der Waals surface area contributed by atoms with Crippen LogP contribution >= 0.6 is 46.9 Å². The number of amides is 2. The van der Waals surface area contributed by atoms with Crippen LogP contribution in [0.15, 0.2) is 29.2 Å². The number of thioether (sulfide) groups is 1. The summed E-state index contributed by atoms with van der Waals surface area (Å²) in [7, 11) is 0. The molecule has 1 aliphatic rings. The molecule has 3 rings (SSSR count). The van der Waals surface area contributed by atoms with Crippen molar-refractivity contribution < 1.29 is 9.59 Å². The Bertz CT molecular complexity index is 990. The van der Waals surface area contributed by atoms with Crippen molar-refractivity contribution in [3.8, 4) is 0 Å². The minimum absolute atomic E-state index is 0.153. The minimum atomic E-state index is -0.159. The summed E-state index contributed by atoms with van der Waals surface area (Å²) in [5.41, 5.74) is 0.771.